The van der Waals surface area contributed by atoms with E-state index in [-0.39, 0.29) is 22.8 Å². The maximum absolute atomic E-state index is 11.2. The van der Waals surface area contributed by atoms with E-state index in [0.29, 0.717) is 5.56 Å². The van der Waals surface area contributed by atoms with Crippen molar-refractivity contribution < 1.29 is 15.7 Å². The van der Waals surface area contributed by atoms with Crippen LogP contribution in [0.2, 0.25) is 0 Å². The zero-order valence-electron chi connectivity index (χ0n) is 7.77. The highest BCUT2D eigenvalue weighted by Gasteiger charge is 2.01. The molecule has 0 aromatic carbocycles. The summed E-state index contributed by atoms with van der Waals surface area (Å²) in [7, 11) is 0. The lowest BCUT2D eigenvalue weighted by Gasteiger charge is -1.98. The van der Waals surface area contributed by atoms with Gasteiger partial charge in [-0.05, 0) is 12.1 Å². The molecular formula is C7H13N5O3. The molecule has 1 aromatic rings. The van der Waals surface area contributed by atoms with Crippen molar-refractivity contribution in [2.24, 2.45) is 16.6 Å². The van der Waals surface area contributed by atoms with Gasteiger partial charge in [0.05, 0.1) is 0 Å². The standard InChI is InChI=1S/C7H9N5O.2H2O/c8-7(9)12-11-6(13)5-1-3-10-4-2-5;;/h1-4H,(H,11,13)(H4,8,9,12);2*1H2. The number of pyridine rings is 1. The van der Waals surface area contributed by atoms with Crippen LogP contribution in [0.3, 0.4) is 0 Å². The highest BCUT2D eigenvalue weighted by Crippen LogP contribution is 1.94. The van der Waals surface area contributed by atoms with E-state index in [9.17, 15) is 4.79 Å². The molecule has 0 unspecified atom stereocenters. The molecule has 0 aliphatic heterocycles. The highest BCUT2D eigenvalue weighted by atomic mass is 16.2. The van der Waals surface area contributed by atoms with Crippen LogP contribution in [-0.2, 0) is 0 Å². The molecule has 1 amide bonds. The topological polar surface area (TPSA) is 169 Å². The summed E-state index contributed by atoms with van der Waals surface area (Å²) in [5.41, 5.74) is 12.7. The molecule has 0 saturated carbocycles. The van der Waals surface area contributed by atoms with Gasteiger partial charge in [-0.2, -0.15) is 0 Å². The number of guanidine groups is 1. The first-order chi connectivity index (χ1) is 6.20. The second kappa shape index (κ2) is 7.24. The summed E-state index contributed by atoms with van der Waals surface area (Å²) in [5, 5.41) is 3.35. The van der Waals surface area contributed by atoms with Crippen LogP contribution in [0.1, 0.15) is 10.4 Å². The average Bonchev–Trinajstić information content (AvgIpc) is 2.15. The summed E-state index contributed by atoms with van der Waals surface area (Å²) < 4.78 is 0. The van der Waals surface area contributed by atoms with Gasteiger partial charge in [0, 0.05) is 18.0 Å². The molecule has 8 nitrogen and oxygen atoms in total. The Morgan fingerprint density at radius 1 is 1.27 bits per heavy atom. The van der Waals surface area contributed by atoms with E-state index in [4.69, 9.17) is 11.5 Å². The second-order valence-corrected chi connectivity index (χ2v) is 2.21. The monoisotopic (exact) mass is 215 g/mol. The van der Waals surface area contributed by atoms with Crippen molar-refractivity contribution in [3.63, 3.8) is 0 Å². The number of hydrogen-bond donors (Lipinski definition) is 3. The molecule has 0 spiro atoms. The van der Waals surface area contributed by atoms with E-state index in [1.54, 1.807) is 12.1 Å². The first kappa shape index (κ1) is 15.3. The third kappa shape index (κ3) is 5.18. The van der Waals surface area contributed by atoms with Gasteiger partial charge in [0.1, 0.15) is 0 Å². The molecule has 0 atom stereocenters. The first-order valence-corrected chi connectivity index (χ1v) is 3.49. The number of nitrogens with one attached hydrogen (secondary N) is 1. The Hall–Kier alpha value is -2.19. The first-order valence-electron chi connectivity index (χ1n) is 3.49. The molecule has 1 rings (SSSR count). The van der Waals surface area contributed by atoms with E-state index in [1.165, 1.54) is 12.4 Å². The van der Waals surface area contributed by atoms with Gasteiger partial charge in [-0.1, -0.05) is 0 Å². The van der Waals surface area contributed by atoms with Crippen molar-refractivity contribution in [3.8, 4) is 0 Å². The normalized spacial score (nSPS) is 7.73. The largest absolute Gasteiger partial charge is 0.412 e. The molecule has 0 bridgehead atoms. The molecule has 0 aliphatic carbocycles. The molecule has 0 aliphatic rings. The Labute approximate surface area is 85.6 Å². The number of carbonyl (C=O) groups is 1. The van der Waals surface area contributed by atoms with Gasteiger partial charge in [-0.15, -0.1) is 5.10 Å². The molecule has 1 aromatic heterocycles. The number of amides is 1. The molecule has 8 heteroatoms. The Morgan fingerprint density at radius 2 is 1.80 bits per heavy atom. The van der Waals surface area contributed by atoms with Gasteiger partial charge < -0.3 is 22.4 Å². The average molecular weight is 215 g/mol. The third-order valence-electron chi connectivity index (χ3n) is 1.23. The SMILES string of the molecule is NC(N)=NNC(=O)c1ccncc1.O.O. The summed E-state index contributed by atoms with van der Waals surface area (Å²) in [4.78, 5) is 14.9. The number of hydrazone groups is 1. The molecule has 1 heterocycles. The van der Waals surface area contributed by atoms with Crippen molar-refractivity contribution in [2.45, 2.75) is 0 Å². The van der Waals surface area contributed by atoms with Crippen LogP contribution >= 0.6 is 0 Å². The quantitative estimate of drug-likeness (QED) is 0.278. The van der Waals surface area contributed by atoms with E-state index in [1.807, 2.05) is 0 Å². The van der Waals surface area contributed by atoms with Gasteiger partial charge in [-0.25, -0.2) is 5.43 Å². The maximum atomic E-state index is 11.2. The second-order valence-electron chi connectivity index (χ2n) is 2.21. The van der Waals surface area contributed by atoms with Crippen LogP contribution in [0.15, 0.2) is 29.6 Å². The molecule has 84 valence electrons. The van der Waals surface area contributed by atoms with Crippen LogP contribution in [0, 0.1) is 0 Å². The third-order valence-corrected chi connectivity index (χ3v) is 1.23. The fraction of sp³-hybridized carbons (Fsp3) is 0. The van der Waals surface area contributed by atoms with Crippen molar-refractivity contribution in [1.29, 1.82) is 0 Å². The lowest BCUT2D eigenvalue weighted by molar-refractivity contribution is 0.0954. The van der Waals surface area contributed by atoms with Crippen LogP contribution in [0.4, 0.5) is 0 Å². The Bertz CT molecular complexity index is 323. The number of aromatic nitrogens is 1. The van der Waals surface area contributed by atoms with Crippen molar-refractivity contribution in [3.05, 3.63) is 30.1 Å². The number of carbonyl (C=O) groups excluding carboxylic acids is 1. The number of nitrogens with two attached hydrogens (primary N) is 2. The molecule has 0 fully saturated rings. The Morgan fingerprint density at radius 3 is 2.27 bits per heavy atom. The Kier molecular flexibility index (Phi) is 7.38. The fourth-order valence-electron chi connectivity index (χ4n) is 0.683. The minimum absolute atomic E-state index is 0. The maximum Gasteiger partial charge on any atom is 0.271 e. The lowest BCUT2D eigenvalue weighted by atomic mass is 10.3. The van der Waals surface area contributed by atoms with E-state index >= 15 is 0 Å². The minimum atomic E-state index is -0.379. The summed E-state index contributed by atoms with van der Waals surface area (Å²) in [6, 6.07) is 3.11. The zero-order valence-corrected chi connectivity index (χ0v) is 7.77. The Balaban J connectivity index is 0. The van der Waals surface area contributed by atoms with Gasteiger partial charge in [0.2, 0.25) is 5.96 Å². The number of nitrogens with zero attached hydrogens (tertiary/aromatic N) is 2. The number of rotatable bonds is 2. The van der Waals surface area contributed by atoms with Gasteiger partial charge in [-0.3, -0.25) is 9.78 Å². The van der Waals surface area contributed by atoms with Crippen LogP contribution in [0.5, 0.6) is 0 Å². The van der Waals surface area contributed by atoms with Gasteiger partial charge in [0.15, 0.2) is 0 Å². The summed E-state index contributed by atoms with van der Waals surface area (Å²) in [6.07, 6.45) is 3.01. The zero-order chi connectivity index (χ0) is 9.68. The predicted molar refractivity (Wildman–Crippen MR) is 54.7 cm³/mol. The smallest absolute Gasteiger partial charge is 0.271 e. The lowest BCUT2D eigenvalue weighted by Crippen LogP contribution is -2.28. The molecule has 0 radical (unpaired) electrons. The van der Waals surface area contributed by atoms with Crippen molar-refractivity contribution in [1.82, 2.24) is 10.4 Å². The van der Waals surface area contributed by atoms with E-state index < -0.39 is 0 Å². The van der Waals surface area contributed by atoms with Crippen LogP contribution in [-0.4, -0.2) is 27.8 Å². The number of hydrogen-bond acceptors (Lipinski definition) is 3. The van der Waals surface area contributed by atoms with Crippen LogP contribution < -0.4 is 16.9 Å². The summed E-state index contributed by atoms with van der Waals surface area (Å²) >= 11 is 0. The van der Waals surface area contributed by atoms with E-state index in [0.717, 1.165) is 0 Å². The molecule has 9 N–H and O–H groups in total. The van der Waals surface area contributed by atoms with Gasteiger partial charge in [0.25, 0.3) is 5.91 Å². The van der Waals surface area contributed by atoms with Crippen molar-refractivity contribution in [2.75, 3.05) is 0 Å². The summed E-state index contributed by atoms with van der Waals surface area (Å²) in [5.74, 6) is -0.571. The fourth-order valence-corrected chi connectivity index (χ4v) is 0.683. The minimum Gasteiger partial charge on any atom is -0.412 e. The van der Waals surface area contributed by atoms with Gasteiger partial charge >= 0.3 is 0 Å². The van der Waals surface area contributed by atoms with Crippen LogP contribution in [0.25, 0.3) is 0 Å². The van der Waals surface area contributed by atoms with Crippen molar-refractivity contribution >= 4 is 11.9 Å². The highest BCUT2D eigenvalue weighted by molar-refractivity contribution is 5.94. The molecule has 0 saturated heterocycles. The predicted octanol–water partition coefficient (Wildman–Crippen LogP) is -2.65. The summed E-state index contributed by atoms with van der Waals surface area (Å²) in [6.45, 7) is 0. The molecule has 15 heavy (non-hydrogen) atoms. The van der Waals surface area contributed by atoms with E-state index in [2.05, 4.69) is 15.5 Å². The molecular weight excluding hydrogens is 202 g/mol.